The van der Waals surface area contributed by atoms with Crippen molar-refractivity contribution in [3.63, 3.8) is 0 Å². The van der Waals surface area contributed by atoms with Crippen LogP contribution in [0.3, 0.4) is 0 Å². The van der Waals surface area contributed by atoms with Gasteiger partial charge in [0, 0.05) is 24.5 Å². The van der Waals surface area contributed by atoms with Crippen molar-refractivity contribution < 1.29 is 5.11 Å². The predicted octanol–water partition coefficient (Wildman–Crippen LogP) is 1.33. The van der Waals surface area contributed by atoms with Gasteiger partial charge in [0.25, 0.3) is 0 Å². The molecule has 1 aromatic carbocycles. The van der Waals surface area contributed by atoms with Gasteiger partial charge in [-0.1, -0.05) is 24.3 Å². The molecule has 4 rings (SSSR count). The first-order valence-electron chi connectivity index (χ1n) is 7.92. The monoisotopic (exact) mass is 272 g/mol. The molecule has 1 aliphatic carbocycles. The lowest BCUT2D eigenvalue weighted by atomic mass is 9.65. The van der Waals surface area contributed by atoms with E-state index in [0.717, 1.165) is 38.8 Å². The lowest BCUT2D eigenvalue weighted by molar-refractivity contribution is -0.0931. The van der Waals surface area contributed by atoms with Gasteiger partial charge in [-0.15, -0.1) is 0 Å². The third-order valence-corrected chi connectivity index (χ3v) is 6.18. The second kappa shape index (κ2) is 4.30. The van der Waals surface area contributed by atoms with Crippen LogP contribution in [0.15, 0.2) is 24.3 Å². The summed E-state index contributed by atoms with van der Waals surface area (Å²) in [5.74, 6) is 0. The maximum absolute atomic E-state index is 11.6. The lowest BCUT2D eigenvalue weighted by Crippen LogP contribution is -2.58. The third kappa shape index (κ3) is 1.51. The van der Waals surface area contributed by atoms with Crippen molar-refractivity contribution in [3.05, 3.63) is 35.4 Å². The molecule has 0 bridgehead atoms. The lowest BCUT2D eigenvalue weighted by Gasteiger charge is -2.45. The number of hydrogen-bond donors (Lipinski definition) is 2. The Morgan fingerprint density at radius 2 is 1.90 bits per heavy atom. The van der Waals surface area contributed by atoms with Crippen LogP contribution in [0.1, 0.15) is 30.4 Å². The Bertz CT molecular complexity index is 504. The Hall–Kier alpha value is -0.900. The smallest absolute Gasteiger partial charge is 0.0888 e. The number of aliphatic hydroxyl groups is 1. The molecular formula is C17H24N2O. The highest BCUT2D eigenvalue weighted by Gasteiger charge is 2.60. The molecule has 3 nitrogen and oxygen atoms in total. The average Bonchev–Trinajstić information content (AvgIpc) is 3.14. The standard InChI is InChI=1S/C17H24N2O/c18-12-16(10-13-4-1-2-5-14(13)11-16)17(20)7-9-19-8-3-6-15(17)19/h1-2,4-5,15,20H,3,6-12,18H2. The van der Waals surface area contributed by atoms with Gasteiger partial charge in [-0.3, -0.25) is 4.90 Å². The maximum Gasteiger partial charge on any atom is 0.0888 e. The Labute approximate surface area is 120 Å². The van der Waals surface area contributed by atoms with Gasteiger partial charge in [-0.25, -0.2) is 0 Å². The van der Waals surface area contributed by atoms with E-state index >= 15 is 0 Å². The molecule has 0 aromatic heterocycles. The van der Waals surface area contributed by atoms with E-state index in [1.54, 1.807) is 0 Å². The molecule has 108 valence electrons. The van der Waals surface area contributed by atoms with Crippen LogP contribution in [0.2, 0.25) is 0 Å². The van der Waals surface area contributed by atoms with E-state index in [9.17, 15) is 5.11 Å². The average molecular weight is 272 g/mol. The minimum absolute atomic E-state index is 0.152. The molecule has 3 heteroatoms. The number of rotatable bonds is 2. The molecule has 3 N–H and O–H groups in total. The molecule has 0 radical (unpaired) electrons. The van der Waals surface area contributed by atoms with Gasteiger partial charge in [-0.2, -0.15) is 0 Å². The third-order valence-electron chi connectivity index (χ3n) is 6.18. The van der Waals surface area contributed by atoms with Crippen LogP contribution < -0.4 is 5.73 Å². The predicted molar refractivity (Wildman–Crippen MR) is 79.5 cm³/mol. The fourth-order valence-electron chi connectivity index (χ4n) is 5.06. The summed E-state index contributed by atoms with van der Waals surface area (Å²) in [6.45, 7) is 2.78. The van der Waals surface area contributed by atoms with E-state index in [0.29, 0.717) is 12.6 Å². The summed E-state index contributed by atoms with van der Waals surface area (Å²) in [5, 5.41) is 11.6. The molecule has 0 spiro atoms. The zero-order valence-corrected chi connectivity index (χ0v) is 12.0. The summed E-state index contributed by atoms with van der Waals surface area (Å²) in [5.41, 5.74) is 8.25. The fraction of sp³-hybridized carbons (Fsp3) is 0.647. The van der Waals surface area contributed by atoms with Gasteiger partial charge in [-0.05, 0) is 49.8 Å². The topological polar surface area (TPSA) is 49.5 Å². The second-order valence-electron chi connectivity index (χ2n) is 6.97. The molecule has 0 saturated carbocycles. The maximum atomic E-state index is 11.6. The summed E-state index contributed by atoms with van der Waals surface area (Å²) in [4.78, 5) is 2.49. The Balaban J connectivity index is 1.73. The van der Waals surface area contributed by atoms with Crippen molar-refractivity contribution in [1.82, 2.24) is 4.90 Å². The summed E-state index contributed by atoms with van der Waals surface area (Å²) in [6, 6.07) is 8.95. The zero-order chi connectivity index (χ0) is 13.8. The summed E-state index contributed by atoms with van der Waals surface area (Å²) >= 11 is 0. The highest BCUT2D eigenvalue weighted by Crippen LogP contribution is 2.52. The number of fused-ring (bicyclic) bond motifs is 2. The molecule has 2 saturated heterocycles. The van der Waals surface area contributed by atoms with Gasteiger partial charge < -0.3 is 10.8 Å². The molecule has 0 amide bonds. The van der Waals surface area contributed by atoms with E-state index < -0.39 is 5.60 Å². The Morgan fingerprint density at radius 3 is 2.55 bits per heavy atom. The van der Waals surface area contributed by atoms with E-state index in [1.165, 1.54) is 17.5 Å². The van der Waals surface area contributed by atoms with Crippen LogP contribution in [0.5, 0.6) is 0 Å². The second-order valence-corrected chi connectivity index (χ2v) is 6.97. The SMILES string of the molecule is NCC1(C2(O)CCN3CCCC32)Cc2ccccc2C1. The zero-order valence-electron chi connectivity index (χ0n) is 12.0. The van der Waals surface area contributed by atoms with Crippen LogP contribution in [0.25, 0.3) is 0 Å². The highest BCUT2D eigenvalue weighted by atomic mass is 16.3. The van der Waals surface area contributed by atoms with Gasteiger partial charge >= 0.3 is 0 Å². The number of hydrogen-bond acceptors (Lipinski definition) is 3. The molecule has 1 aromatic rings. The molecule has 2 unspecified atom stereocenters. The van der Waals surface area contributed by atoms with Crippen LogP contribution in [-0.2, 0) is 12.8 Å². The molecular weight excluding hydrogens is 248 g/mol. The summed E-state index contributed by atoms with van der Waals surface area (Å²) in [7, 11) is 0. The van der Waals surface area contributed by atoms with Gasteiger partial charge in [0.15, 0.2) is 0 Å². The van der Waals surface area contributed by atoms with Crippen molar-refractivity contribution >= 4 is 0 Å². The molecule has 2 atom stereocenters. The van der Waals surface area contributed by atoms with E-state index in [2.05, 4.69) is 29.2 Å². The molecule has 2 aliphatic heterocycles. The number of nitrogens with two attached hydrogens (primary N) is 1. The van der Waals surface area contributed by atoms with Crippen molar-refractivity contribution in [2.75, 3.05) is 19.6 Å². The van der Waals surface area contributed by atoms with Crippen LogP contribution in [0.4, 0.5) is 0 Å². The quantitative estimate of drug-likeness (QED) is 0.854. The van der Waals surface area contributed by atoms with Crippen LogP contribution in [0, 0.1) is 5.41 Å². The molecule has 20 heavy (non-hydrogen) atoms. The largest absolute Gasteiger partial charge is 0.388 e. The van der Waals surface area contributed by atoms with Crippen LogP contribution in [-0.4, -0.2) is 41.3 Å². The fourth-order valence-corrected chi connectivity index (χ4v) is 5.06. The van der Waals surface area contributed by atoms with Crippen LogP contribution >= 0.6 is 0 Å². The van der Waals surface area contributed by atoms with Crippen molar-refractivity contribution in [1.29, 1.82) is 0 Å². The molecule has 2 fully saturated rings. The minimum atomic E-state index is -0.600. The first kappa shape index (κ1) is 12.8. The normalized spacial score (nSPS) is 35.2. The first-order valence-corrected chi connectivity index (χ1v) is 7.92. The highest BCUT2D eigenvalue weighted by molar-refractivity contribution is 5.37. The van der Waals surface area contributed by atoms with E-state index in [-0.39, 0.29) is 5.41 Å². The first-order chi connectivity index (χ1) is 9.68. The summed E-state index contributed by atoms with van der Waals surface area (Å²) in [6.07, 6.45) is 5.14. The summed E-state index contributed by atoms with van der Waals surface area (Å²) < 4.78 is 0. The van der Waals surface area contributed by atoms with Crippen molar-refractivity contribution in [2.24, 2.45) is 11.1 Å². The number of nitrogens with zero attached hydrogens (tertiary/aromatic N) is 1. The molecule has 2 heterocycles. The Morgan fingerprint density at radius 1 is 1.20 bits per heavy atom. The van der Waals surface area contributed by atoms with Crippen molar-refractivity contribution in [2.45, 2.75) is 43.7 Å². The van der Waals surface area contributed by atoms with Gasteiger partial charge in [0.05, 0.1) is 5.60 Å². The Kier molecular flexibility index (Phi) is 2.75. The van der Waals surface area contributed by atoms with Gasteiger partial charge in [0.1, 0.15) is 0 Å². The minimum Gasteiger partial charge on any atom is -0.388 e. The van der Waals surface area contributed by atoms with E-state index in [4.69, 9.17) is 5.73 Å². The number of benzene rings is 1. The van der Waals surface area contributed by atoms with E-state index in [1.807, 2.05) is 0 Å². The van der Waals surface area contributed by atoms with Crippen molar-refractivity contribution in [3.8, 4) is 0 Å². The molecule has 3 aliphatic rings. The van der Waals surface area contributed by atoms with Gasteiger partial charge in [0.2, 0.25) is 0 Å².